The van der Waals surface area contributed by atoms with E-state index in [9.17, 15) is 4.79 Å². The second-order valence-electron chi connectivity index (χ2n) is 6.78. The van der Waals surface area contributed by atoms with Gasteiger partial charge >= 0.3 is 0 Å². The van der Waals surface area contributed by atoms with Gasteiger partial charge < -0.3 is 9.80 Å². The average Bonchev–Trinajstić information content (AvgIpc) is 2.74. The Bertz CT molecular complexity index is 985. The second-order valence-corrected chi connectivity index (χ2v) is 7.19. The normalized spacial score (nSPS) is 14.2. The Labute approximate surface area is 169 Å². The molecular formula is C22H21ClN4O. The quantitative estimate of drug-likeness (QED) is 0.674. The van der Waals surface area contributed by atoms with Crippen molar-refractivity contribution in [1.29, 1.82) is 0 Å². The summed E-state index contributed by atoms with van der Waals surface area (Å²) in [5, 5.41) is 0.494. The highest BCUT2D eigenvalue weighted by Crippen LogP contribution is 2.23. The molecule has 0 radical (unpaired) electrons. The van der Waals surface area contributed by atoms with Crippen molar-refractivity contribution < 1.29 is 4.79 Å². The van der Waals surface area contributed by atoms with Crippen molar-refractivity contribution >= 4 is 23.3 Å². The van der Waals surface area contributed by atoms with Crippen molar-refractivity contribution in [2.75, 3.05) is 31.1 Å². The van der Waals surface area contributed by atoms with Crippen LogP contribution < -0.4 is 4.90 Å². The molecule has 4 rings (SSSR count). The third-order valence-electron chi connectivity index (χ3n) is 4.89. The summed E-state index contributed by atoms with van der Waals surface area (Å²) in [6, 6.07) is 19.3. The number of carbonyl (C=O) groups excluding carboxylic acids is 1. The number of anilines is 1. The summed E-state index contributed by atoms with van der Waals surface area (Å²) in [4.78, 5) is 26.0. The molecule has 142 valence electrons. The lowest BCUT2D eigenvalue weighted by Gasteiger charge is -2.35. The molecular weight excluding hydrogens is 372 g/mol. The number of nitrogens with zero attached hydrogens (tertiary/aromatic N) is 4. The lowest BCUT2D eigenvalue weighted by atomic mass is 10.1. The first-order valence-corrected chi connectivity index (χ1v) is 9.69. The zero-order valence-electron chi connectivity index (χ0n) is 15.7. The molecule has 1 fully saturated rings. The SMILES string of the molecule is Cc1nc(-c2ccccc2)cc(N2CCN(C(=O)c3ccccc3Cl)CC2)n1. The third-order valence-corrected chi connectivity index (χ3v) is 5.22. The van der Waals surface area contributed by atoms with Gasteiger partial charge in [0.05, 0.1) is 16.3 Å². The summed E-state index contributed by atoms with van der Waals surface area (Å²) in [6.07, 6.45) is 0. The maximum atomic E-state index is 12.8. The first-order valence-electron chi connectivity index (χ1n) is 9.32. The Balaban J connectivity index is 1.49. The maximum Gasteiger partial charge on any atom is 0.255 e. The smallest absolute Gasteiger partial charge is 0.255 e. The van der Waals surface area contributed by atoms with E-state index in [0.29, 0.717) is 23.7 Å². The monoisotopic (exact) mass is 392 g/mol. The highest BCUT2D eigenvalue weighted by atomic mass is 35.5. The number of aromatic nitrogens is 2. The number of rotatable bonds is 3. The van der Waals surface area contributed by atoms with E-state index in [0.717, 1.165) is 36.0 Å². The molecule has 3 aromatic rings. The first kappa shape index (κ1) is 18.4. The Hall–Kier alpha value is -2.92. The molecule has 6 heteroatoms. The van der Waals surface area contributed by atoms with Gasteiger partial charge in [0.1, 0.15) is 11.6 Å². The van der Waals surface area contributed by atoms with E-state index in [1.54, 1.807) is 12.1 Å². The van der Waals surface area contributed by atoms with Crippen LogP contribution in [0.2, 0.25) is 5.02 Å². The minimum Gasteiger partial charge on any atom is -0.353 e. The van der Waals surface area contributed by atoms with E-state index in [4.69, 9.17) is 11.6 Å². The number of benzene rings is 2. The molecule has 2 heterocycles. The van der Waals surface area contributed by atoms with Crippen LogP contribution in [-0.2, 0) is 0 Å². The lowest BCUT2D eigenvalue weighted by Crippen LogP contribution is -2.49. The molecule has 28 heavy (non-hydrogen) atoms. The van der Waals surface area contributed by atoms with E-state index in [1.807, 2.05) is 60.4 Å². The molecule has 1 aromatic heterocycles. The van der Waals surface area contributed by atoms with Gasteiger partial charge in [0.25, 0.3) is 5.91 Å². The molecule has 1 saturated heterocycles. The van der Waals surface area contributed by atoms with Crippen molar-refractivity contribution in [1.82, 2.24) is 14.9 Å². The van der Waals surface area contributed by atoms with Crippen molar-refractivity contribution in [3.63, 3.8) is 0 Å². The predicted octanol–water partition coefficient (Wildman–Crippen LogP) is 4.07. The second kappa shape index (κ2) is 7.98. The Morgan fingerprint density at radius 2 is 1.61 bits per heavy atom. The van der Waals surface area contributed by atoms with Crippen LogP contribution in [-0.4, -0.2) is 47.0 Å². The van der Waals surface area contributed by atoms with Crippen LogP contribution in [0.25, 0.3) is 11.3 Å². The van der Waals surface area contributed by atoms with Crippen LogP contribution in [0.5, 0.6) is 0 Å². The number of aryl methyl sites for hydroxylation is 1. The standard InChI is InChI=1S/C22H21ClN4O/c1-16-24-20(17-7-3-2-4-8-17)15-21(25-16)26-11-13-27(14-12-26)22(28)18-9-5-6-10-19(18)23/h2-10,15H,11-14H2,1H3. The summed E-state index contributed by atoms with van der Waals surface area (Å²) in [7, 11) is 0. The van der Waals surface area contributed by atoms with E-state index < -0.39 is 0 Å². The molecule has 0 aliphatic carbocycles. The lowest BCUT2D eigenvalue weighted by molar-refractivity contribution is 0.0746. The third kappa shape index (κ3) is 3.85. The number of piperazine rings is 1. The van der Waals surface area contributed by atoms with Crippen LogP contribution in [0.4, 0.5) is 5.82 Å². The van der Waals surface area contributed by atoms with Crippen LogP contribution in [0.3, 0.4) is 0 Å². The summed E-state index contributed by atoms with van der Waals surface area (Å²) < 4.78 is 0. The number of hydrogen-bond acceptors (Lipinski definition) is 4. The first-order chi connectivity index (χ1) is 13.6. The zero-order valence-corrected chi connectivity index (χ0v) is 16.4. The molecule has 5 nitrogen and oxygen atoms in total. The highest BCUT2D eigenvalue weighted by molar-refractivity contribution is 6.33. The summed E-state index contributed by atoms with van der Waals surface area (Å²) in [6.45, 7) is 4.62. The Morgan fingerprint density at radius 1 is 0.929 bits per heavy atom. The fourth-order valence-electron chi connectivity index (χ4n) is 3.41. The minimum atomic E-state index is -0.0194. The van der Waals surface area contributed by atoms with Gasteiger partial charge in [-0.05, 0) is 19.1 Å². The van der Waals surface area contributed by atoms with Crippen LogP contribution in [0.15, 0.2) is 60.7 Å². The van der Waals surface area contributed by atoms with Crippen LogP contribution >= 0.6 is 11.6 Å². The molecule has 0 bridgehead atoms. The van der Waals surface area contributed by atoms with E-state index >= 15 is 0 Å². The van der Waals surface area contributed by atoms with Crippen molar-refractivity contribution in [2.45, 2.75) is 6.92 Å². The fraction of sp³-hybridized carbons (Fsp3) is 0.227. The molecule has 2 aromatic carbocycles. The molecule has 0 saturated carbocycles. The van der Waals surface area contributed by atoms with Gasteiger partial charge in [-0.15, -0.1) is 0 Å². The topological polar surface area (TPSA) is 49.3 Å². The van der Waals surface area contributed by atoms with Gasteiger partial charge in [-0.2, -0.15) is 0 Å². The van der Waals surface area contributed by atoms with E-state index in [-0.39, 0.29) is 5.91 Å². The average molecular weight is 393 g/mol. The number of hydrogen-bond donors (Lipinski definition) is 0. The van der Waals surface area contributed by atoms with Crippen LogP contribution in [0.1, 0.15) is 16.2 Å². The van der Waals surface area contributed by atoms with E-state index in [2.05, 4.69) is 14.9 Å². The largest absolute Gasteiger partial charge is 0.353 e. The van der Waals surface area contributed by atoms with Gasteiger partial charge in [-0.3, -0.25) is 4.79 Å². The van der Waals surface area contributed by atoms with Gasteiger partial charge in [0, 0.05) is 37.8 Å². The molecule has 1 aliphatic heterocycles. The number of halogens is 1. The Morgan fingerprint density at radius 3 is 2.32 bits per heavy atom. The van der Waals surface area contributed by atoms with Crippen molar-refractivity contribution in [3.05, 3.63) is 77.1 Å². The Kier molecular flexibility index (Phi) is 5.26. The van der Waals surface area contributed by atoms with Crippen molar-refractivity contribution in [2.24, 2.45) is 0 Å². The zero-order chi connectivity index (χ0) is 19.5. The molecule has 1 amide bonds. The molecule has 0 atom stereocenters. The predicted molar refractivity (Wildman–Crippen MR) is 112 cm³/mol. The highest BCUT2D eigenvalue weighted by Gasteiger charge is 2.24. The molecule has 0 unspecified atom stereocenters. The van der Waals surface area contributed by atoms with Crippen LogP contribution in [0, 0.1) is 6.92 Å². The van der Waals surface area contributed by atoms with Gasteiger partial charge in [0.2, 0.25) is 0 Å². The number of amides is 1. The molecule has 0 N–H and O–H groups in total. The molecule has 0 spiro atoms. The van der Waals surface area contributed by atoms with E-state index in [1.165, 1.54) is 0 Å². The fourth-order valence-corrected chi connectivity index (χ4v) is 3.63. The van der Waals surface area contributed by atoms with Gasteiger partial charge in [-0.1, -0.05) is 54.1 Å². The summed E-state index contributed by atoms with van der Waals surface area (Å²) in [5.74, 6) is 1.62. The maximum absolute atomic E-state index is 12.8. The van der Waals surface area contributed by atoms with Gasteiger partial charge in [-0.25, -0.2) is 9.97 Å². The van der Waals surface area contributed by atoms with Crippen molar-refractivity contribution in [3.8, 4) is 11.3 Å². The number of carbonyl (C=O) groups is 1. The minimum absolute atomic E-state index is 0.0194. The molecule has 1 aliphatic rings. The summed E-state index contributed by atoms with van der Waals surface area (Å²) in [5.41, 5.74) is 2.54. The van der Waals surface area contributed by atoms with Gasteiger partial charge in [0.15, 0.2) is 0 Å². The summed E-state index contributed by atoms with van der Waals surface area (Å²) >= 11 is 6.18.